The van der Waals surface area contributed by atoms with Gasteiger partial charge in [-0.2, -0.15) is 15.1 Å². The molecule has 6 nitrogen and oxygen atoms in total. The average molecular weight is 420 g/mol. The van der Waals surface area contributed by atoms with Gasteiger partial charge in [0.1, 0.15) is 5.04 Å². The number of thioether (sulfide) groups is 1. The first-order valence-corrected chi connectivity index (χ1v) is 10.9. The number of hydrogen-bond acceptors (Lipinski definition) is 4. The Bertz CT molecular complexity index is 1150. The molecule has 1 aromatic carbocycles. The number of nitrogens with one attached hydrogen (secondary N) is 1. The molecule has 0 radical (unpaired) electrons. The number of carbonyl (C=O) groups is 1. The standard InChI is InChI=1S/C23H25N5OS/c1-6-7-20-26-28-21(24)19(22(29)25-23(28)30-20)12-17-11-15(4)27(16(17)5)18-9-13(2)8-14(3)10-18/h8-12,24H,6-7H2,1-5H3. The molecule has 0 atom stereocenters. The highest BCUT2D eigenvalue weighted by atomic mass is 32.2. The minimum atomic E-state index is -0.386. The van der Waals surface area contributed by atoms with Crippen LogP contribution in [-0.2, 0) is 4.79 Å². The first-order valence-electron chi connectivity index (χ1n) is 10.0. The van der Waals surface area contributed by atoms with Gasteiger partial charge in [-0.3, -0.25) is 10.2 Å². The number of amidine groups is 2. The molecule has 2 aliphatic heterocycles. The third-order valence-corrected chi connectivity index (χ3v) is 6.16. The van der Waals surface area contributed by atoms with E-state index in [1.807, 2.05) is 13.0 Å². The molecule has 154 valence electrons. The van der Waals surface area contributed by atoms with E-state index in [1.54, 1.807) is 6.08 Å². The Kier molecular flexibility index (Phi) is 5.24. The molecule has 0 saturated carbocycles. The SMILES string of the molecule is CCCC1=NN2C(=N)C(=Cc3cc(C)n(-c4cc(C)cc(C)c4)c3C)C(=O)N=C2S1. The second kappa shape index (κ2) is 7.72. The van der Waals surface area contributed by atoms with E-state index >= 15 is 0 Å². The lowest BCUT2D eigenvalue weighted by Gasteiger charge is -2.20. The van der Waals surface area contributed by atoms with Crippen LogP contribution in [0.25, 0.3) is 11.8 Å². The Morgan fingerprint density at radius 2 is 1.80 bits per heavy atom. The van der Waals surface area contributed by atoms with Crippen molar-refractivity contribution in [3.8, 4) is 5.69 Å². The predicted molar refractivity (Wildman–Crippen MR) is 125 cm³/mol. The summed E-state index contributed by atoms with van der Waals surface area (Å²) in [4.78, 5) is 16.9. The van der Waals surface area contributed by atoms with Crippen LogP contribution in [0.2, 0.25) is 0 Å². The fourth-order valence-corrected chi connectivity index (χ4v) is 4.90. The van der Waals surface area contributed by atoms with E-state index < -0.39 is 0 Å². The molecule has 2 aliphatic rings. The average Bonchev–Trinajstić information content (AvgIpc) is 3.18. The highest BCUT2D eigenvalue weighted by Gasteiger charge is 2.35. The van der Waals surface area contributed by atoms with Crippen LogP contribution in [0, 0.1) is 33.1 Å². The van der Waals surface area contributed by atoms with Crippen molar-refractivity contribution in [2.75, 3.05) is 0 Å². The third kappa shape index (κ3) is 3.54. The Morgan fingerprint density at radius 3 is 2.47 bits per heavy atom. The zero-order valence-electron chi connectivity index (χ0n) is 17.9. The Balaban J connectivity index is 1.74. The quantitative estimate of drug-likeness (QED) is 0.698. The van der Waals surface area contributed by atoms with E-state index in [0.29, 0.717) is 5.17 Å². The normalized spacial score (nSPS) is 17.5. The minimum Gasteiger partial charge on any atom is -0.318 e. The van der Waals surface area contributed by atoms with Crippen molar-refractivity contribution in [1.29, 1.82) is 5.41 Å². The van der Waals surface area contributed by atoms with Crippen LogP contribution in [0.15, 0.2) is 39.9 Å². The third-order valence-electron chi connectivity index (χ3n) is 5.19. The van der Waals surface area contributed by atoms with E-state index in [-0.39, 0.29) is 17.3 Å². The van der Waals surface area contributed by atoms with Crippen molar-refractivity contribution in [3.05, 3.63) is 57.9 Å². The van der Waals surface area contributed by atoms with Crippen molar-refractivity contribution < 1.29 is 4.79 Å². The predicted octanol–water partition coefficient (Wildman–Crippen LogP) is 5.13. The molecule has 1 amide bonds. The number of hydrazone groups is 1. The Morgan fingerprint density at radius 1 is 1.10 bits per heavy atom. The summed E-state index contributed by atoms with van der Waals surface area (Å²) in [6, 6.07) is 8.50. The maximum Gasteiger partial charge on any atom is 0.283 e. The summed E-state index contributed by atoms with van der Waals surface area (Å²) in [5, 5.41) is 15.9. The van der Waals surface area contributed by atoms with Crippen LogP contribution in [0.1, 0.15) is 47.8 Å². The molecule has 4 rings (SSSR count). The highest BCUT2D eigenvalue weighted by molar-refractivity contribution is 8.26. The van der Waals surface area contributed by atoms with E-state index in [9.17, 15) is 4.79 Å². The molecule has 3 heterocycles. The summed E-state index contributed by atoms with van der Waals surface area (Å²) in [6.45, 7) is 10.3. The van der Waals surface area contributed by atoms with Crippen LogP contribution >= 0.6 is 11.8 Å². The van der Waals surface area contributed by atoms with E-state index in [2.05, 4.69) is 60.6 Å². The maximum atomic E-state index is 12.7. The number of hydrogen-bond donors (Lipinski definition) is 1. The van der Waals surface area contributed by atoms with E-state index in [0.717, 1.165) is 40.5 Å². The molecule has 0 saturated heterocycles. The molecule has 0 spiro atoms. The molecule has 1 N–H and O–H groups in total. The van der Waals surface area contributed by atoms with Gasteiger partial charge in [0.25, 0.3) is 5.91 Å². The van der Waals surface area contributed by atoms with Gasteiger partial charge in [0.15, 0.2) is 5.84 Å². The zero-order chi connectivity index (χ0) is 21.6. The van der Waals surface area contributed by atoms with Gasteiger partial charge < -0.3 is 4.57 Å². The summed E-state index contributed by atoms with van der Waals surface area (Å²) in [7, 11) is 0. The number of rotatable bonds is 4. The van der Waals surface area contributed by atoms with Crippen molar-refractivity contribution in [1.82, 2.24) is 9.58 Å². The van der Waals surface area contributed by atoms with Gasteiger partial charge >= 0.3 is 0 Å². The summed E-state index contributed by atoms with van der Waals surface area (Å²) in [5.41, 5.74) is 6.77. The summed E-state index contributed by atoms with van der Waals surface area (Å²) in [5.74, 6) is -0.303. The molecule has 7 heteroatoms. The molecule has 2 aromatic rings. The minimum absolute atomic E-state index is 0.0832. The topological polar surface area (TPSA) is 73.8 Å². The van der Waals surface area contributed by atoms with Gasteiger partial charge in [-0.25, -0.2) is 0 Å². The monoisotopic (exact) mass is 419 g/mol. The lowest BCUT2D eigenvalue weighted by Crippen LogP contribution is -2.35. The summed E-state index contributed by atoms with van der Waals surface area (Å²) < 4.78 is 2.18. The lowest BCUT2D eigenvalue weighted by molar-refractivity contribution is -0.114. The Labute approximate surface area is 180 Å². The van der Waals surface area contributed by atoms with E-state index in [4.69, 9.17) is 5.41 Å². The van der Waals surface area contributed by atoms with E-state index in [1.165, 1.54) is 27.9 Å². The number of amides is 1. The zero-order valence-corrected chi connectivity index (χ0v) is 18.7. The number of benzene rings is 1. The fourth-order valence-electron chi connectivity index (χ4n) is 3.91. The van der Waals surface area contributed by atoms with Crippen molar-refractivity contribution in [3.63, 3.8) is 0 Å². The number of aryl methyl sites for hydroxylation is 3. The van der Waals surface area contributed by atoms with Crippen molar-refractivity contribution in [2.24, 2.45) is 10.1 Å². The smallest absolute Gasteiger partial charge is 0.283 e. The summed E-state index contributed by atoms with van der Waals surface area (Å²) in [6.07, 6.45) is 3.55. The van der Waals surface area contributed by atoms with Crippen LogP contribution in [0.5, 0.6) is 0 Å². The maximum absolute atomic E-state index is 12.7. The first-order chi connectivity index (χ1) is 14.3. The van der Waals surface area contributed by atoms with Crippen molar-refractivity contribution >= 4 is 39.8 Å². The Hall–Kier alpha value is -2.93. The second-order valence-corrected chi connectivity index (χ2v) is 8.81. The molecule has 0 aliphatic carbocycles. The molecule has 0 bridgehead atoms. The first kappa shape index (κ1) is 20.3. The van der Waals surface area contributed by atoms with Crippen LogP contribution in [0.3, 0.4) is 0 Å². The number of nitrogens with zero attached hydrogens (tertiary/aromatic N) is 4. The molecular formula is C23H25N5OS. The van der Waals surface area contributed by atoms with Gasteiger partial charge in [0.2, 0.25) is 5.17 Å². The largest absolute Gasteiger partial charge is 0.318 e. The van der Waals surface area contributed by atoms with Gasteiger partial charge in [0, 0.05) is 17.1 Å². The van der Waals surface area contributed by atoms with Crippen molar-refractivity contribution in [2.45, 2.75) is 47.5 Å². The number of aromatic nitrogens is 1. The molecular weight excluding hydrogens is 394 g/mol. The molecule has 0 unspecified atom stereocenters. The number of aliphatic imine (C=N–C) groups is 1. The van der Waals surface area contributed by atoms with Gasteiger partial charge in [-0.05, 0) is 93.3 Å². The van der Waals surface area contributed by atoms with Gasteiger partial charge in [-0.15, -0.1) is 0 Å². The number of fused-ring (bicyclic) bond motifs is 1. The molecule has 0 fully saturated rings. The van der Waals surface area contributed by atoms with Crippen LogP contribution in [0.4, 0.5) is 0 Å². The van der Waals surface area contributed by atoms with Crippen LogP contribution < -0.4 is 0 Å². The van der Waals surface area contributed by atoms with Gasteiger partial charge in [0.05, 0.1) is 5.57 Å². The van der Waals surface area contributed by atoms with Crippen LogP contribution in [-0.4, -0.2) is 31.5 Å². The molecule has 30 heavy (non-hydrogen) atoms. The molecule has 1 aromatic heterocycles. The van der Waals surface area contributed by atoms with Gasteiger partial charge in [-0.1, -0.05) is 13.0 Å². The second-order valence-electron chi connectivity index (χ2n) is 7.77. The lowest BCUT2D eigenvalue weighted by atomic mass is 10.1. The highest BCUT2D eigenvalue weighted by Crippen LogP contribution is 2.31. The fraction of sp³-hybridized carbons (Fsp3) is 0.304. The summed E-state index contributed by atoms with van der Waals surface area (Å²) >= 11 is 1.38. The number of carbonyl (C=O) groups excluding carboxylic acids is 1.